The second kappa shape index (κ2) is 9.98. The Morgan fingerprint density at radius 2 is 1.83 bits per heavy atom. The van der Waals surface area contributed by atoms with Crippen LogP contribution in [0.2, 0.25) is 0 Å². The van der Waals surface area contributed by atoms with Crippen molar-refractivity contribution in [3.8, 4) is 11.5 Å². The van der Waals surface area contributed by atoms with Crippen molar-refractivity contribution in [3.63, 3.8) is 0 Å². The highest BCUT2D eigenvalue weighted by atomic mass is 16.6. The molecule has 2 aliphatic heterocycles. The zero-order valence-corrected chi connectivity index (χ0v) is 22.6. The summed E-state index contributed by atoms with van der Waals surface area (Å²) in [5, 5.41) is 54.4. The van der Waals surface area contributed by atoms with E-state index in [9.17, 15) is 39.6 Å². The zero-order chi connectivity index (χ0) is 30.0. The number of amides is 1. The van der Waals surface area contributed by atoms with Gasteiger partial charge in [0.25, 0.3) is 5.91 Å². The van der Waals surface area contributed by atoms with Crippen molar-refractivity contribution in [2.75, 3.05) is 13.6 Å². The number of hydrogen-bond donors (Lipinski definition) is 6. The molecule has 1 amide bonds. The normalized spacial score (nSPS) is 30.4. The number of carboxylic acid groups (broad SMARTS) is 1. The highest BCUT2D eigenvalue weighted by molar-refractivity contribution is 5.90. The number of aliphatic hydroxyl groups excluding tert-OH is 2. The summed E-state index contributed by atoms with van der Waals surface area (Å²) in [6.07, 6.45) is -4.97. The average molecular weight is 577 g/mol. The molecule has 1 fully saturated rings. The third-order valence-electron chi connectivity index (χ3n) is 8.75. The van der Waals surface area contributed by atoms with Crippen LogP contribution in [0, 0.1) is 0 Å². The Hall–Kier alpha value is -3.72. The standard InChI is InChI=1S/C27H32N2O12/c1-11(23(34)35)28-22(33)12(2)39-24(36)18(31)19(32)25(37)40-15-6-7-27(38)16-10-13-4-5-14(30)20-17(13)26(27,21(15)41-20)8-9-29(16)3/h4-6,11-12,16,18-19,21,30-32,38H,7-10H2,1-3H3,(H,28,33)(H,34,35)/t11-,12-,16-,18+,19+,21-,26-,27+/m0/s1. The maximum atomic E-state index is 12.9. The second-order valence-electron chi connectivity index (χ2n) is 11.1. The van der Waals surface area contributed by atoms with Gasteiger partial charge in [-0.05, 0) is 58.0 Å². The smallest absolute Gasteiger partial charge is 0.343 e. The van der Waals surface area contributed by atoms with Gasteiger partial charge in [0, 0.05) is 18.0 Å². The van der Waals surface area contributed by atoms with Gasteiger partial charge in [-0.2, -0.15) is 0 Å². The van der Waals surface area contributed by atoms with Crippen LogP contribution in [0.25, 0.3) is 0 Å². The quantitative estimate of drug-likeness (QED) is 0.194. The van der Waals surface area contributed by atoms with E-state index in [2.05, 4.69) is 10.2 Å². The lowest BCUT2D eigenvalue weighted by Crippen LogP contribution is -2.74. The number of aromatic hydroxyl groups is 1. The van der Waals surface area contributed by atoms with E-state index in [1.54, 1.807) is 6.07 Å². The van der Waals surface area contributed by atoms with E-state index >= 15 is 0 Å². The summed E-state index contributed by atoms with van der Waals surface area (Å²) in [6, 6.07) is 1.74. The summed E-state index contributed by atoms with van der Waals surface area (Å²) in [4.78, 5) is 50.2. The predicted molar refractivity (Wildman–Crippen MR) is 135 cm³/mol. The van der Waals surface area contributed by atoms with Gasteiger partial charge in [0.05, 0.1) is 11.0 Å². The van der Waals surface area contributed by atoms with Crippen LogP contribution in [-0.4, -0.2) is 110 Å². The van der Waals surface area contributed by atoms with Crippen LogP contribution in [0.3, 0.4) is 0 Å². The summed E-state index contributed by atoms with van der Waals surface area (Å²) in [7, 11) is 1.92. The number of phenolic OH excluding ortho intramolecular Hbond substituents is 1. The van der Waals surface area contributed by atoms with Gasteiger partial charge in [-0.15, -0.1) is 0 Å². The molecule has 14 nitrogen and oxygen atoms in total. The van der Waals surface area contributed by atoms with Crippen LogP contribution in [0.15, 0.2) is 24.0 Å². The first-order valence-corrected chi connectivity index (χ1v) is 13.2. The van der Waals surface area contributed by atoms with Gasteiger partial charge in [0.15, 0.2) is 35.9 Å². The fourth-order valence-corrected chi connectivity index (χ4v) is 6.56. The Kier molecular flexibility index (Phi) is 7.01. The fourth-order valence-electron chi connectivity index (χ4n) is 6.56. The lowest BCUT2D eigenvalue weighted by Gasteiger charge is -2.61. The van der Waals surface area contributed by atoms with Crippen molar-refractivity contribution >= 4 is 23.8 Å². The Morgan fingerprint density at radius 3 is 2.51 bits per heavy atom. The number of carboxylic acids is 1. The van der Waals surface area contributed by atoms with Gasteiger partial charge in [0.2, 0.25) is 0 Å². The molecule has 5 rings (SSSR count). The molecule has 1 aromatic carbocycles. The number of esters is 2. The minimum Gasteiger partial charge on any atom is -0.504 e. The number of piperidine rings is 1. The monoisotopic (exact) mass is 576 g/mol. The van der Waals surface area contributed by atoms with Gasteiger partial charge >= 0.3 is 17.9 Å². The largest absolute Gasteiger partial charge is 0.504 e. The topological polar surface area (TPSA) is 212 Å². The van der Waals surface area contributed by atoms with Crippen molar-refractivity contribution in [2.45, 2.75) is 80.6 Å². The molecule has 1 spiro atoms. The molecule has 8 atom stereocenters. The molecule has 1 aromatic rings. The molecule has 2 heterocycles. The van der Waals surface area contributed by atoms with E-state index in [1.807, 2.05) is 7.05 Å². The number of hydrogen-bond acceptors (Lipinski definition) is 12. The highest BCUT2D eigenvalue weighted by Crippen LogP contribution is 2.65. The molecule has 41 heavy (non-hydrogen) atoms. The number of aliphatic hydroxyl groups is 3. The maximum absolute atomic E-state index is 12.9. The average Bonchev–Trinajstić information content (AvgIpc) is 3.28. The molecular formula is C27H32N2O12. The number of aliphatic carboxylic acids is 1. The number of carbonyl (C=O) groups excluding carboxylic acids is 3. The van der Waals surface area contributed by atoms with E-state index < -0.39 is 65.3 Å². The molecule has 6 N–H and O–H groups in total. The SMILES string of the molecule is C[C@H](NC(=O)[C@H](C)OC(=O)[C@H](O)[C@@H](O)C(=O)OC1=CC[C@@]2(O)[C@@H]3Cc4ccc(O)c5c4[C@@]2(CCN3C)[C@H]1O5)C(=O)O. The zero-order valence-electron chi connectivity index (χ0n) is 22.6. The second-order valence-corrected chi connectivity index (χ2v) is 11.1. The van der Waals surface area contributed by atoms with E-state index in [-0.39, 0.29) is 29.7 Å². The Bertz CT molecular complexity index is 1350. The Balaban J connectivity index is 1.33. The van der Waals surface area contributed by atoms with Crippen LogP contribution in [-0.2, 0) is 40.5 Å². The highest BCUT2D eigenvalue weighted by Gasteiger charge is 2.72. The first-order chi connectivity index (χ1) is 19.2. The van der Waals surface area contributed by atoms with Gasteiger partial charge in [-0.3, -0.25) is 9.59 Å². The van der Waals surface area contributed by atoms with Crippen molar-refractivity contribution in [2.24, 2.45) is 0 Å². The molecule has 4 aliphatic rings. The van der Waals surface area contributed by atoms with E-state index in [0.29, 0.717) is 24.9 Å². The minimum absolute atomic E-state index is 0.0542. The van der Waals surface area contributed by atoms with Crippen LogP contribution >= 0.6 is 0 Å². The Morgan fingerprint density at radius 1 is 1.15 bits per heavy atom. The molecule has 0 unspecified atom stereocenters. The Labute approximate surface area is 234 Å². The first kappa shape index (κ1) is 28.8. The number of ether oxygens (including phenoxy) is 3. The lowest BCUT2D eigenvalue weighted by atomic mass is 9.50. The van der Waals surface area contributed by atoms with E-state index in [0.717, 1.165) is 12.5 Å². The third kappa shape index (κ3) is 4.24. The number of phenols is 1. The summed E-state index contributed by atoms with van der Waals surface area (Å²) < 4.78 is 16.4. The van der Waals surface area contributed by atoms with Crippen LogP contribution in [0.5, 0.6) is 11.5 Å². The molecule has 14 heteroatoms. The van der Waals surface area contributed by atoms with Crippen molar-refractivity contribution < 1.29 is 58.9 Å². The number of carbonyl (C=O) groups is 4. The van der Waals surface area contributed by atoms with E-state index in [1.165, 1.54) is 19.1 Å². The number of likely N-dealkylation sites (tertiary alicyclic amines) is 1. The fraction of sp³-hybridized carbons (Fsp3) is 0.556. The maximum Gasteiger partial charge on any atom is 0.343 e. The van der Waals surface area contributed by atoms with Crippen molar-refractivity contribution in [3.05, 3.63) is 35.1 Å². The minimum atomic E-state index is -2.44. The van der Waals surface area contributed by atoms with Crippen LogP contribution in [0.1, 0.15) is 37.8 Å². The third-order valence-corrected chi connectivity index (χ3v) is 8.75. The van der Waals surface area contributed by atoms with Crippen molar-refractivity contribution in [1.29, 1.82) is 0 Å². The molecule has 0 saturated carbocycles. The van der Waals surface area contributed by atoms with E-state index in [4.69, 9.17) is 19.3 Å². The molecule has 2 bridgehead atoms. The summed E-state index contributed by atoms with van der Waals surface area (Å²) in [6.45, 7) is 2.90. The first-order valence-electron chi connectivity index (χ1n) is 13.2. The van der Waals surface area contributed by atoms with Crippen LogP contribution < -0.4 is 10.1 Å². The van der Waals surface area contributed by atoms with Crippen molar-refractivity contribution in [1.82, 2.24) is 10.2 Å². The van der Waals surface area contributed by atoms with Gasteiger partial charge in [0.1, 0.15) is 11.8 Å². The lowest BCUT2D eigenvalue weighted by molar-refractivity contribution is -0.181. The predicted octanol–water partition coefficient (Wildman–Crippen LogP) is -1.54. The number of benzene rings is 1. The number of likely N-dealkylation sites (N-methyl/N-ethyl adjacent to an activating group) is 1. The van der Waals surface area contributed by atoms with Gasteiger partial charge < -0.3 is 50.0 Å². The van der Waals surface area contributed by atoms with Gasteiger partial charge in [-0.25, -0.2) is 9.59 Å². The molecule has 0 radical (unpaired) electrons. The number of rotatable bonds is 8. The molecule has 1 saturated heterocycles. The summed E-state index contributed by atoms with van der Waals surface area (Å²) >= 11 is 0. The molecular weight excluding hydrogens is 544 g/mol. The summed E-state index contributed by atoms with van der Waals surface area (Å²) in [5.74, 6) is -5.23. The number of nitrogens with one attached hydrogen (secondary N) is 1. The molecule has 0 aromatic heterocycles. The molecule has 2 aliphatic carbocycles. The number of nitrogens with zero attached hydrogens (tertiary/aromatic N) is 1. The molecule has 222 valence electrons. The van der Waals surface area contributed by atoms with Crippen LogP contribution in [0.4, 0.5) is 0 Å². The van der Waals surface area contributed by atoms with Gasteiger partial charge in [-0.1, -0.05) is 6.07 Å². The summed E-state index contributed by atoms with van der Waals surface area (Å²) in [5.41, 5.74) is -0.828.